The summed E-state index contributed by atoms with van der Waals surface area (Å²) in [4.78, 5) is 0. The number of benzene rings is 1. The number of aliphatic hydroxyl groups excluding tert-OH is 1. The van der Waals surface area contributed by atoms with Gasteiger partial charge in [-0.1, -0.05) is 23.8 Å². The molecule has 1 atom stereocenters. The second-order valence-electron chi connectivity index (χ2n) is 4.98. The van der Waals surface area contributed by atoms with Crippen molar-refractivity contribution < 1.29 is 14.6 Å². The zero-order valence-electron chi connectivity index (χ0n) is 11.2. The Balaban J connectivity index is 1.90. The molecule has 0 unspecified atom stereocenters. The lowest BCUT2D eigenvalue weighted by Crippen LogP contribution is -2.25. The minimum Gasteiger partial charge on any atom is -0.388 e. The van der Waals surface area contributed by atoms with Gasteiger partial charge in [-0.05, 0) is 37.8 Å². The van der Waals surface area contributed by atoms with E-state index < -0.39 is 6.10 Å². The summed E-state index contributed by atoms with van der Waals surface area (Å²) in [6.07, 6.45) is 1.82. The average Bonchev–Trinajstić information content (AvgIpc) is 2.40. The molecule has 0 radical (unpaired) electrons. The van der Waals surface area contributed by atoms with Crippen LogP contribution in [-0.4, -0.2) is 24.6 Å². The number of rotatable bonds is 4. The summed E-state index contributed by atoms with van der Waals surface area (Å²) in [5, 5.41) is 10.2. The molecule has 1 aliphatic heterocycles. The fourth-order valence-corrected chi connectivity index (χ4v) is 2.27. The van der Waals surface area contributed by atoms with Crippen molar-refractivity contribution in [3.05, 3.63) is 34.9 Å². The maximum atomic E-state index is 10.2. The van der Waals surface area contributed by atoms with Crippen LogP contribution in [0.5, 0.6) is 0 Å². The molecule has 0 aromatic heterocycles. The van der Waals surface area contributed by atoms with Gasteiger partial charge in [0.2, 0.25) is 0 Å². The molecule has 1 N–H and O–H groups in total. The number of hydrogen-bond donors (Lipinski definition) is 1. The first-order valence-corrected chi connectivity index (χ1v) is 6.65. The first-order chi connectivity index (χ1) is 8.66. The summed E-state index contributed by atoms with van der Waals surface area (Å²) in [5.74, 6) is 0. The van der Waals surface area contributed by atoms with Crippen molar-refractivity contribution in [2.45, 2.75) is 45.5 Å². The first-order valence-electron chi connectivity index (χ1n) is 6.65. The van der Waals surface area contributed by atoms with Crippen molar-refractivity contribution in [3.63, 3.8) is 0 Å². The molecule has 18 heavy (non-hydrogen) atoms. The van der Waals surface area contributed by atoms with Gasteiger partial charge < -0.3 is 14.6 Å². The van der Waals surface area contributed by atoms with Gasteiger partial charge in [-0.2, -0.15) is 0 Å². The summed E-state index contributed by atoms with van der Waals surface area (Å²) in [5.41, 5.74) is 3.34. The van der Waals surface area contributed by atoms with Crippen LogP contribution in [-0.2, 0) is 9.47 Å². The maximum absolute atomic E-state index is 10.2. The minimum absolute atomic E-state index is 0.140. The van der Waals surface area contributed by atoms with E-state index in [2.05, 4.69) is 18.2 Å². The zero-order valence-corrected chi connectivity index (χ0v) is 11.2. The highest BCUT2D eigenvalue weighted by Crippen LogP contribution is 2.25. The molecule has 1 aliphatic rings. The molecular weight excluding hydrogens is 228 g/mol. The van der Waals surface area contributed by atoms with E-state index in [0.717, 1.165) is 37.2 Å². The predicted molar refractivity (Wildman–Crippen MR) is 70.4 cm³/mol. The van der Waals surface area contributed by atoms with Crippen molar-refractivity contribution >= 4 is 0 Å². The van der Waals surface area contributed by atoms with Crippen molar-refractivity contribution in [2.24, 2.45) is 0 Å². The molecule has 1 saturated heterocycles. The van der Waals surface area contributed by atoms with Crippen molar-refractivity contribution in [1.82, 2.24) is 0 Å². The fraction of sp³-hybridized carbons (Fsp3) is 0.600. The van der Waals surface area contributed by atoms with Crippen molar-refractivity contribution in [3.8, 4) is 0 Å². The Hall–Kier alpha value is -0.900. The minimum atomic E-state index is -0.431. The van der Waals surface area contributed by atoms with E-state index in [0.29, 0.717) is 6.42 Å². The summed E-state index contributed by atoms with van der Waals surface area (Å²) in [6.45, 7) is 5.61. The van der Waals surface area contributed by atoms with Gasteiger partial charge in [-0.25, -0.2) is 0 Å². The van der Waals surface area contributed by atoms with Crippen LogP contribution in [0.15, 0.2) is 18.2 Å². The van der Waals surface area contributed by atoms with Gasteiger partial charge in [-0.15, -0.1) is 0 Å². The van der Waals surface area contributed by atoms with Gasteiger partial charge in [-0.3, -0.25) is 0 Å². The molecule has 1 fully saturated rings. The number of aryl methyl sites for hydroxylation is 2. The van der Waals surface area contributed by atoms with E-state index in [1.165, 1.54) is 5.56 Å². The highest BCUT2D eigenvalue weighted by molar-refractivity contribution is 5.32. The van der Waals surface area contributed by atoms with Crippen LogP contribution in [0.2, 0.25) is 0 Å². The zero-order chi connectivity index (χ0) is 13.0. The van der Waals surface area contributed by atoms with Crippen LogP contribution in [0.25, 0.3) is 0 Å². The Morgan fingerprint density at radius 1 is 1.28 bits per heavy atom. The molecule has 1 aromatic carbocycles. The largest absolute Gasteiger partial charge is 0.388 e. The smallest absolute Gasteiger partial charge is 0.157 e. The van der Waals surface area contributed by atoms with Crippen LogP contribution < -0.4 is 0 Å². The SMILES string of the molecule is Cc1ccc(C)c([C@@H](O)CCC2OCCCO2)c1. The third-order valence-electron chi connectivity index (χ3n) is 3.37. The molecule has 2 rings (SSSR count). The average molecular weight is 250 g/mol. The first kappa shape index (κ1) is 13.5. The van der Waals surface area contributed by atoms with E-state index in [4.69, 9.17) is 9.47 Å². The second-order valence-corrected chi connectivity index (χ2v) is 4.98. The molecule has 0 saturated carbocycles. The molecule has 0 spiro atoms. The summed E-state index contributed by atoms with van der Waals surface area (Å²) >= 11 is 0. The Kier molecular flexibility index (Phi) is 4.75. The van der Waals surface area contributed by atoms with Gasteiger partial charge in [0.25, 0.3) is 0 Å². The Morgan fingerprint density at radius 3 is 2.72 bits per heavy atom. The Bertz CT molecular complexity index is 383. The molecule has 0 bridgehead atoms. The fourth-order valence-electron chi connectivity index (χ4n) is 2.27. The molecule has 1 heterocycles. The van der Waals surface area contributed by atoms with Crippen molar-refractivity contribution in [1.29, 1.82) is 0 Å². The highest BCUT2D eigenvalue weighted by Gasteiger charge is 2.17. The van der Waals surface area contributed by atoms with Gasteiger partial charge in [0.15, 0.2) is 6.29 Å². The van der Waals surface area contributed by atoms with E-state index >= 15 is 0 Å². The van der Waals surface area contributed by atoms with Crippen LogP contribution in [0, 0.1) is 13.8 Å². The quantitative estimate of drug-likeness (QED) is 0.893. The molecule has 3 heteroatoms. The normalized spacial score (nSPS) is 18.8. The third kappa shape index (κ3) is 3.55. The van der Waals surface area contributed by atoms with E-state index in [1.54, 1.807) is 0 Å². The lowest BCUT2D eigenvalue weighted by Gasteiger charge is -2.24. The summed E-state index contributed by atoms with van der Waals surface area (Å²) < 4.78 is 11.0. The molecule has 0 amide bonds. The third-order valence-corrected chi connectivity index (χ3v) is 3.37. The maximum Gasteiger partial charge on any atom is 0.157 e. The van der Waals surface area contributed by atoms with Crippen LogP contribution in [0.3, 0.4) is 0 Å². The van der Waals surface area contributed by atoms with Gasteiger partial charge in [0.05, 0.1) is 19.3 Å². The summed E-state index contributed by atoms with van der Waals surface area (Å²) in [7, 11) is 0. The standard InChI is InChI=1S/C15H22O3/c1-11-4-5-12(2)13(10-11)14(16)6-7-15-17-8-3-9-18-15/h4-5,10,14-16H,3,6-9H2,1-2H3/t14-/m0/s1. The molecule has 1 aromatic rings. The molecular formula is C15H22O3. The van der Waals surface area contributed by atoms with E-state index in [9.17, 15) is 5.11 Å². The predicted octanol–water partition coefficient (Wildman–Crippen LogP) is 2.88. The topological polar surface area (TPSA) is 38.7 Å². The van der Waals surface area contributed by atoms with Gasteiger partial charge in [0.1, 0.15) is 0 Å². The van der Waals surface area contributed by atoms with E-state index in [1.807, 2.05) is 13.8 Å². The summed E-state index contributed by atoms with van der Waals surface area (Å²) in [6, 6.07) is 6.18. The van der Waals surface area contributed by atoms with Crippen molar-refractivity contribution in [2.75, 3.05) is 13.2 Å². The number of ether oxygens (including phenoxy) is 2. The van der Waals surface area contributed by atoms with Crippen LogP contribution >= 0.6 is 0 Å². The highest BCUT2D eigenvalue weighted by atomic mass is 16.7. The van der Waals surface area contributed by atoms with Gasteiger partial charge in [0, 0.05) is 6.42 Å². The lowest BCUT2D eigenvalue weighted by molar-refractivity contribution is -0.183. The van der Waals surface area contributed by atoms with Gasteiger partial charge >= 0.3 is 0 Å². The monoisotopic (exact) mass is 250 g/mol. The van der Waals surface area contributed by atoms with Crippen LogP contribution in [0.4, 0.5) is 0 Å². The number of hydrogen-bond acceptors (Lipinski definition) is 3. The molecule has 100 valence electrons. The second kappa shape index (κ2) is 6.32. The lowest BCUT2D eigenvalue weighted by atomic mass is 9.98. The van der Waals surface area contributed by atoms with E-state index in [-0.39, 0.29) is 6.29 Å². The Morgan fingerprint density at radius 2 is 2.00 bits per heavy atom. The molecule has 0 aliphatic carbocycles. The Labute approximate surface area is 109 Å². The molecule has 3 nitrogen and oxygen atoms in total. The van der Waals surface area contributed by atoms with Crippen LogP contribution in [0.1, 0.15) is 42.1 Å². The number of aliphatic hydroxyl groups is 1.